The highest BCUT2D eigenvalue weighted by molar-refractivity contribution is 14.2. The van der Waals surface area contributed by atoms with Crippen LogP contribution in [-0.4, -0.2) is 27.1 Å². The van der Waals surface area contributed by atoms with Crippen LogP contribution in [-0.2, 0) is 4.79 Å². The molecule has 1 nitrogen and oxygen atoms in total. The fourth-order valence-corrected chi connectivity index (χ4v) is 12.8. The van der Waals surface area contributed by atoms with Crippen molar-refractivity contribution in [2.24, 2.45) is 35.0 Å². The third-order valence-corrected chi connectivity index (χ3v) is 13.8. The summed E-state index contributed by atoms with van der Waals surface area (Å²) in [6, 6.07) is 0. The maximum absolute atomic E-state index is 13.0. The number of carbonyl (C=O) groups is 1. The van der Waals surface area contributed by atoms with E-state index >= 15 is 0 Å². The van der Waals surface area contributed by atoms with E-state index in [1.54, 1.807) is 0 Å². The molecule has 0 radical (unpaired) electrons. The first-order chi connectivity index (χ1) is 13.1. The van der Waals surface area contributed by atoms with Crippen molar-refractivity contribution in [1.29, 1.82) is 0 Å². The lowest BCUT2D eigenvalue weighted by atomic mass is 9.48. The molecule has 5 heteroatoms. The van der Waals surface area contributed by atoms with E-state index < -0.39 is 0 Å². The molecule has 4 aliphatic carbocycles. The van der Waals surface area contributed by atoms with Crippen molar-refractivity contribution in [2.75, 3.05) is 17.3 Å². The molecule has 6 atom stereocenters. The summed E-state index contributed by atoms with van der Waals surface area (Å²) >= 11 is 6.93. The van der Waals surface area contributed by atoms with Crippen molar-refractivity contribution in [2.45, 2.75) is 62.4 Å². The van der Waals surface area contributed by atoms with Crippen LogP contribution in [0.25, 0.3) is 0 Å². The number of fused-ring (bicyclic) bond motifs is 5. The lowest BCUT2D eigenvalue weighted by Crippen LogP contribution is -2.52. The van der Waals surface area contributed by atoms with Crippen molar-refractivity contribution in [1.82, 2.24) is 0 Å². The fraction of sp³-hybridized carbons (Fsp3) is 0.864. The summed E-state index contributed by atoms with van der Waals surface area (Å²) in [5.41, 5.74) is 1.87. The first-order valence-corrected chi connectivity index (χ1v) is 16.4. The molecule has 0 aromatic rings. The molecule has 4 fully saturated rings. The Morgan fingerprint density at radius 3 is 2.78 bits per heavy atom. The van der Waals surface area contributed by atoms with Crippen LogP contribution in [0.15, 0.2) is 11.6 Å². The Balaban J connectivity index is 1.49. The Kier molecular flexibility index (Phi) is 5.74. The second-order valence-electron chi connectivity index (χ2n) is 9.47. The average molecular weight is 535 g/mol. The van der Waals surface area contributed by atoms with Crippen LogP contribution in [0.1, 0.15) is 58.3 Å². The molecule has 0 N–H and O–H groups in total. The van der Waals surface area contributed by atoms with Gasteiger partial charge in [0.2, 0.25) is 0 Å². The Bertz CT molecular complexity index is 643. The van der Waals surface area contributed by atoms with Crippen LogP contribution in [0, 0.1) is 35.0 Å². The van der Waals surface area contributed by atoms with Crippen LogP contribution in [0.3, 0.4) is 0 Å². The standard InChI is InChI=1S/C22H31IOS3/c1-2-21-11-15(13-27-23)20-16-7-8-22(25-9-10-26-22)12-14(16)3-4-17(20)18(21)5-6-19(21)24/h12,15-18,20H,2-11,13H2,1H3. The van der Waals surface area contributed by atoms with Crippen LogP contribution < -0.4 is 0 Å². The van der Waals surface area contributed by atoms with Crippen molar-refractivity contribution in [3.05, 3.63) is 11.6 Å². The van der Waals surface area contributed by atoms with E-state index in [1.807, 2.05) is 14.5 Å². The molecular formula is C22H31IOS3. The van der Waals surface area contributed by atoms with Gasteiger partial charge in [-0.25, -0.2) is 0 Å². The van der Waals surface area contributed by atoms with Gasteiger partial charge in [-0.1, -0.05) is 27.5 Å². The number of thioether (sulfide) groups is 2. The van der Waals surface area contributed by atoms with Crippen LogP contribution >= 0.6 is 53.7 Å². The molecule has 1 aliphatic heterocycles. The first-order valence-electron chi connectivity index (χ1n) is 10.9. The predicted octanol–water partition coefficient (Wildman–Crippen LogP) is 7.00. The Morgan fingerprint density at radius 1 is 1.22 bits per heavy atom. The van der Waals surface area contributed by atoms with E-state index in [0.717, 1.165) is 36.5 Å². The normalized spacial score (nSPS) is 45.3. The van der Waals surface area contributed by atoms with Crippen molar-refractivity contribution in [3.8, 4) is 0 Å². The molecule has 3 saturated carbocycles. The van der Waals surface area contributed by atoms with Crippen LogP contribution in [0.2, 0.25) is 0 Å². The zero-order valence-electron chi connectivity index (χ0n) is 16.3. The third kappa shape index (κ3) is 3.13. The van der Waals surface area contributed by atoms with E-state index in [1.165, 1.54) is 55.8 Å². The number of ketones is 1. The second-order valence-corrected chi connectivity index (χ2v) is 15.0. The quantitative estimate of drug-likeness (QED) is 0.286. The largest absolute Gasteiger partial charge is 0.299 e. The second kappa shape index (κ2) is 7.71. The number of rotatable bonds is 3. The van der Waals surface area contributed by atoms with Gasteiger partial charge in [0.15, 0.2) is 0 Å². The maximum atomic E-state index is 13.0. The minimum Gasteiger partial charge on any atom is -0.299 e. The van der Waals surface area contributed by atoms with E-state index in [0.29, 0.717) is 15.8 Å². The molecule has 150 valence electrons. The topological polar surface area (TPSA) is 17.1 Å². The molecule has 1 spiro atoms. The Hall–Kier alpha value is 1.19. The summed E-state index contributed by atoms with van der Waals surface area (Å²) in [5.74, 6) is 8.50. The van der Waals surface area contributed by atoms with E-state index in [2.05, 4.69) is 57.7 Å². The molecule has 0 amide bonds. The minimum atomic E-state index is 0.0481. The monoisotopic (exact) mass is 534 g/mol. The minimum absolute atomic E-state index is 0.0481. The molecule has 1 heterocycles. The Morgan fingerprint density at radius 2 is 2.04 bits per heavy atom. The molecular weight excluding hydrogens is 503 g/mol. The molecule has 1 saturated heterocycles. The van der Waals surface area contributed by atoms with Crippen molar-refractivity contribution < 1.29 is 4.79 Å². The summed E-state index contributed by atoms with van der Waals surface area (Å²) in [6.07, 6.45) is 12.6. The lowest BCUT2D eigenvalue weighted by molar-refractivity contribution is -0.136. The summed E-state index contributed by atoms with van der Waals surface area (Å²) in [7, 11) is 2.00. The van der Waals surface area contributed by atoms with E-state index in [4.69, 9.17) is 0 Å². The van der Waals surface area contributed by atoms with Gasteiger partial charge in [0.1, 0.15) is 5.78 Å². The van der Waals surface area contributed by atoms with Gasteiger partial charge in [-0.3, -0.25) is 4.79 Å². The van der Waals surface area contributed by atoms with Gasteiger partial charge in [-0.05, 0) is 95.7 Å². The SMILES string of the molecule is CCC12CC(CSI)C3C4CCC5(C=C4CCC3C1CCC2=O)SCCS5. The average Bonchev–Trinajstić information content (AvgIpc) is 3.26. The number of halogens is 1. The van der Waals surface area contributed by atoms with Gasteiger partial charge in [0.25, 0.3) is 0 Å². The molecule has 27 heavy (non-hydrogen) atoms. The Labute approximate surface area is 189 Å². The summed E-state index contributed by atoms with van der Waals surface area (Å²) < 4.78 is 0.428. The smallest absolute Gasteiger partial charge is 0.139 e. The van der Waals surface area contributed by atoms with Gasteiger partial charge in [-0.15, -0.1) is 23.5 Å². The lowest BCUT2D eigenvalue weighted by Gasteiger charge is -2.57. The number of Topliss-reactive ketones (excluding diaryl/α,β-unsaturated/α-hetero) is 1. The number of hydrogen-bond acceptors (Lipinski definition) is 4. The predicted molar refractivity (Wildman–Crippen MR) is 130 cm³/mol. The molecule has 5 aliphatic rings. The highest BCUT2D eigenvalue weighted by Gasteiger charge is 2.60. The fourth-order valence-electron chi connectivity index (χ4n) is 7.74. The summed E-state index contributed by atoms with van der Waals surface area (Å²) in [4.78, 5) is 13.0. The van der Waals surface area contributed by atoms with Gasteiger partial charge >= 0.3 is 0 Å². The van der Waals surface area contributed by atoms with E-state index in [9.17, 15) is 4.79 Å². The molecule has 6 unspecified atom stereocenters. The van der Waals surface area contributed by atoms with Gasteiger partial charge in [0.05, 0.1) is 4.08 Å². The van der Waals surface area contributed by atoms with E-state index in [-0.39, 0.29) is 5.41 Å². The highest BCUT2D eigenvalue weighted by atomic mass is 127. The molecule has 5 rings (SSSR count). The zero-order valence-corrected chi connectivity index (χ0v) is 20.9. The summed E-state index contributed by atoms with van der Waals surface area (Å²) in [5, 5.41) is 0. The number of hydrogen-bond donors (Lipinski definition) is 0. The third-order valence-electron chi connectivity index (χ3n) is 8.73. The van der Waals surface area contributed by atoms with Gasteiger partial charge in [0, 0.05) is 29.1 Å². The van der Waals surface area contributed by atoms with Crippen molar-refractivity contribution >= 4 is 59.4 Å². The van der Waals surface area contributed by atoms with Gasteiger partial charge in [-0.2, -0.15) is 0 Å². The van der Waals surface area contributed by atoms with Crippen LogP contribution in [0.5, 0.6) is 0 Å². The molecule has 0 bridgehead atoms. The first kappa shape index (κ1) is 20.1. The van der Waals surface area contributed by atoms with Gasteiger partial charge < -0.3 is 0 Å². The highest BCUT2D eigenvalue weighted by Crippen LogP contribution is 2.65. The zero-order chi connectivity index (χ0) is 18.6. The maximum Gasteiger partial charge on any atom is 0.139 e. The number of carbonyl (C=O) groups excluding carboxylic acids is 1. The van der Waals surface area contributed by atoms with Crippen molar-refractivity contribution in [3.63, 3.8) is 0 Å². The molecule has 0 aromatic carbocycles. The van der Waals surface area contributed by atoms with Crippen LogP contribution in [0.4, 0.5) is 0 Å². The summed E-state index contributed by atoms with van der Waals surface area (Å²) in [6.45, 7) is 2.30. The number of allylic oxidation sites excluding steroid dienone is 1. The molecule has 0 aromatic heterocycles.